The minimum atomic E-state index is -3.24. The average molecular weight is 278 g/mol. The zero-order valence-corrected chi connectivity index (χ0v) is 12.0. The summed E-state index contributed by atoms with van der Waals surface area (Å²) < 4.78 is 24.7. The highest BCUT2D eigenvalue weighted by Crippen LogP contribution is 2.12. The summed E-state index contributed by atoms with van der Waals surface area (Å²) in [6.45, 7) is 2.76. The zero-order chi connectivity index (χ0) is 13.9. The Kier molecular flexibility index (Phi) is 4.04. The van der Waals surface area contributed by atoms with E-state index in [1.165, 1.54) is 23.6 Å². The van der Waals surface area contributed by atoms with Crippen molar-refractivity contribution in [1.29, 1.82) is 0 Å². The van der Waals surface area contributed by atoms with Gasteiger partial charge in [-0.2, -0.15) is 0 Å². The van der Waals surface area contributed by atoms with Gasteiger partial charge in [0.1, 0.15) is 0 Å². The Labute approximate surface area is 114 Å². The van der Waals surface area contributed by atoms with Gasteiger partial charge in [0, 0.05) is 25.2 Å². The third-order valence-corrected chi connectivity index (χ3v) is 4.12. The first-order valence-corrected chi connectivity index (χ1v) is 8.13. The van der Waals surface area contributed by atoms with Crippen LogP contribution >= 0.6 is 0 Å². The van der Waals surface area contributed by atoms with Crippen LogP contribution in [0.4, 0.5) is 0 Å². The second-order valence-electron chi connectivity index (χ2n) is 4.71. The Bertz CT molecular complexity index is 660. The maximum absolute atomic E-state index is 11.5. The van der Waals surface area contributed by atoms with Crippen molar-refractivity contribution < 1.29 is 8.42 Å². The van der Waals surface area contributed by atoms with Crippen molar-refractivity contribution in [3.05, 3.63) is 47.8 Å². The minimum Gasteiger partial charge on any atom is -0.322 e. The fourth-order valence-corrected chi connectivity index (χ4v) is 2.96. The smallest absolute Gasteiger partial charge is 0.227 e. The monoisotopic (exact) mass is 278 g/mol. The fraction of sp³-hybridized carbons (Fsp3) is 0.357. The maximum Gasteiger partial charge on any atom is 0.227 e. The molecule has 0 fully saturated rings. The fourth-order valence-electron chi connectivity index (χ4n) is 2.12. The zero-order valence-electron chi connectivity index (χ0n) is 11.2. The van der Waals surface area contributed by atoms with E-state index >= 15 is 0 Å². The van der Waals surface area contributed by atoms with Gasteiger partial charge in [0.2, 0.25) is 15.0 Å². The van der Waals surface area contributed by atoms with Gasteiger partial charge in [0.25, 0.3) is 0 Å². The highest BCUT2D eigenvalue weighted by molar-refractivity contribution is 7.90. The summed E-state index contributed by atoms with van der Waals surface area (Å²) in [7, 11) is -3.24. The standard InChI is InChI=1S/C14H18N2O2S/c1-12-6-3-4-7-13(12)8-5-10-16-11-9-15-14(16)19(2,17)18/h3-4,6-7,9,11H,5,8,10H2,1-2H3. The van der Waals surface area contributed by atoms with Crippen molar-refractivity contribution >= 4 is 9.84 Å². The molecule has 1 heterocycles. The van der Waals surface area contributed by atoms with Crippen LogP contribution in [0.15, 0.2) is 41.8 Å². The lowest BCUT2D eigenvalue weighted by atomic mass is 10.0. The molecule has 5 heteroatoms. The van der Waals surface area contributed by atoms with Crippen LogP contribution in [0.3, 0.4) is 0 Å². The topological polar surface area (TPSA) is 52.0 Å². The van der Waals surface area contributed by atoms with E-state index in [4.69, 9.17) is 0 Å². The van der Waals surface area contributed by atoms with Crippen LogP contribution in [0.2, 0.25) is 0 Å². The Morgan fingerprint density at radius 3 is 2.68 bits per heavy atom. The quantitative estimate of drug-likeness (QED) is 0.842. The lowest BCUT2D eigenvalue weighted by Crippen LogP contribution is -2.09. The molecule has 0 saturated carbocycles. The molecule has 1 aromatic carbocycles. The van der Waals surface area contributed by atoms with Gasteiger partial charge in [0.05, 0.1) is 0 Å². The van der Waals surface area contributed by atoms with Gasteiger partial charge >= 0.3 is 0 Å². The van der Waals surface area contributed by atoms with Gasteiger partial charge in [-0.1, -0.05) is 24.3 Å². The molecule has 0 aliphatic carbocycles. The Hall–Kier alpha value is -1.62. The van der Waals surface area contributed by atoms with E-state index in [9.17, 15) is 8.42 Å². The number of sulfone groups is 1. The molecule has 1 aromatic heterocycles. The molecule has 19 heavy (non-hydrogen) atoms. The summed E-state index contributed by atoms with van der Waals surface area (Å²) in [5.41, 5.74) is 2.58. The van der Waals surface area contributed by atoms with Crippen LogP contribution in [0.25, 0.3) is 0 Å². The average Bonchev–Trinajstić information content (AvgIpc) is 2.80. The van der Waals surface area contributed by atoms with Crippen LogP contribution in [-0.4, -0.2) is 24.2 Å². The molecule has 0 saturated heterocycles. The molecule has 0 amide bonds. The van der Waals surface area contributed by atoms with Crippen molar-refractivity contribution in [1.82, 2.24) is 9.55 Å². The summed E-state index contributed by atoms with van der Waals surface area (Å²) in [5, 5.41) is 0.150. The van der Waals surface area contributed by atoms with E-state index in [1.807, 2.05) is 12.1 Å². The summed E-state index contributed by atoms with van der Waals surface area (Å²) >= 11 is 0. The van der Waals surface area contributed by atoms with E-state index < -0.39 is 9.84 Å². The summed E-state index contributed by atoms with van der Waals surface area (Å²) in [4.78, 5) is 3.91. The van der Waals surface area contributed by atoms with E-state index in [1.54, 1.807) is 10.8 Å². The predicted octanol–water partition coefficient (Wildman–Crippen LogP) is 2.23. The van der Waals surface area contributed by atoms with Crippen LogP contribution < -0.4 is 0 Å². The van der Waals surface area contributed by atoms with Gasteiger partial charge in [-0.05, 0) is 30.9 Å². The molecular weight excluding hydrogens is 260 g/mol. The molecular formula is C14H18N2O2S. The van der Waals surface area contributed by atoms with Crippen molar-refractivity contribution in [2.45, 2.75) is 31.5 Å². The molecule has 0 radical (unpaired) electrons. The van der Waals surface area contributed by atoms with Crippen LogP contribution in [-0.2, 0) is 22.8 Å². The molecule has 0 aliphatic heterocycles. The number of imidazole rings is 1. The van der Waals surface area contributed by atoms with E-state index in [2.05, 4.69) is 24.0 Å². The first-order chi connectivity index (χ1) is 8.98. The van der Waals surface area contributed by atoms with E-state index in [0.29, 0.717) is 6.54 Å². The second-order valence-corrected chi connectivity index (χ2v) is 6.61. The number of hydrogen-bond donors (Lipinski definition) is 0. The van der Waals surface area contributed by atoms with Crippen LogP contribution in [0, 0.1) is 6.92 Å². The van der Waals surface area contributed by atoms with Crippen molar-refractivity contribution in [3.8, 4) is 0 Å². The summed E-state index contributed by atoms with van der Waals surface area (Å²) in [5.74, 6) is 0. The SMILES string of the molecule is Cc1ccccc1CCCn1ccnc1S(C)(=O)=O. The molecule has 0 N–H and O–H groups in total. The molecule has 0 unspecified atom stereocenters. The number of hydrogen-bond acceptors (Lipinski definition) is 3. The molecule has 4 nitrogen and oxygen atoms in total. The molecule has 0 spiro atoms. The molecule has 0 atom stereocenters. The van der Waals surface area contributed by atoms with Crippen molar-refractivity contribution in [3.63, 3.8) is 0 Å². The summed E-state index contributed by atoms with van der Waals surface area (Å²) in [6.07, 6.45) is 6.27. The third-order valence-electron chi connectivity index (χ3n) is 3.12. The number of benzene rings is 1. The highest BCUT2D eigenvalue weighted by Gasteiger charge is 2.13. The third kappa shape index (κ3) is 3.44. The molecule has 2 rings (SSSR count). The molecule has 0 aliphatic rings. The number of nitrogens with zero attached hydrogens (tertiary/aromatic N) is 2. The maximum atomic E-state index is 11.5. The Morgan fingerprint density at radius 1 is 1.26 bits per heavy atom. The minimum absolute atomic E-state index is 0.150. The lowest BCUT2D eigenvalue weighted by molar-refractivity contribution is 0.552. The van der Waals surface area contributed by atoms with E-state index in [0.717, 1.165) is 12.8 Å². The number of aromatic nitrogens is 2. The molecule has 102 valence electrons. The first-order valence-electron chi connectivity index (χ1n) is 6.24. The first kappa shape index (κ1) is 13.8. The summed E-state index contributed by atoms with van der Waals surface area (Å²) in [6, 6.07) is 8.26. The predicted molar refractivity (Wildman–Crippen MR) is 74.8 cm³/mol. The Balaban J connectivity index is 2.01. The molecule has 0 bridgehead atoms. The van der Waals surface area contributed by atoms with Crippen molar-refractivity contribution in [2.75, 3.05) is 6.26 Å². The Morgan fingerprint density at radius 2 is 2.00 bits per heavy atom. The molecule has 2 aromatic rings. The van der Waals surface area contributed by atoms with Crippen LogP contribution in [0.1, 0.15) is 17.5 Å². The van der Waals surface area contributed by atoms with E-state index in [-0.39, 0.29) is 5.16 Å². The number of rotatable bonds is 5. The second kappa shape index (κ2) is 5.57. The van der Waals surface area contributed by atoms with Gasteiger partial charge in [0.15, 0.2) is 0 Å². The van der Waals surface area contributed by atoms with Crippen molar-refractivity contribution in [2.24, 2.45) is 0 Å². The van der Waals surface area contributed by atoms with Gasteiger partial charge in [-0.25, -0.2) is 13.4 Å². The highest BCUT2D eigenvalue weighted by atomic mass is 32.2. The normalized spacial score (nSPS) is 11.7. The van der Waals surface area contributed by atoms with Gasteiger partial charge in [-0.3, -0.25) is 0 Å². The number of aryl methyl sites for hydroxylation is 3. The van der Waals surface area contributed by atoms with Crippen LogP contribution in [0.5, 0.6) is 0 Å². The van der Waals surface area contributed by atoms with Gasteiger partial charge < -0.3 is 4.57 Å². The largest absolute Gasteiger partial charge is 0.322 e. The lowest BCUT2D eigenvalue weighted by Gasteiger charge is -2.08. The van der Waals surface area contributed by atoms with Gasteiger partial charge in [-0.15, -0.1) is 0 Å².